The van der Waals surface area contributed by atoms with Gasteiger partial charge in [0.2, 0.25) is 17.7 Å². The van der Waals surface area contributed by atoms with Crippen LogP contribution < -0.4 is 16.0 Å². The fourth-order valence-corrected chi connectivity index (χ4v) is 6.79. The van der Waals surface area contributed by atoms with E-state index in [2.05, 4.69) is 16.0 Å². The number of halogens is 1. The Morgan fingerprint density at radius 3 is 2.40 bits per heavy atom. The van der Waals surface area contributed by atoms with E-state index in [1.54, 1.807) is 31.0 Å². The molecule has 1 aliphatic carbocycles. The van der Waals surface area contributed by atoms with E-state index in [0.29, 0.717) is 13.0 Å². The highest BCUT2D eigenvalue weighted by Gasteiger charge is 2.61. The van der Waals surface area contributed by atoms with Gasteiger partial charge in [-0.2, -0.15) is 0 Å². The summed E-state index contributed by atoms with van der Waals surface area (Å²) in [4.78, 5) is 58.8. The third kappa shape index (κ3) is 6.50. The van der Waals surface area contributed by atoms with Gasteiger partial charge in [0.15, 0.2) is 11.4 Å². The minimum absolute atomic E-state index is 0.0242. The molecular weight excluding hydrogens is 549 g/mol. The number of piperazine rings is 1. The molecule has 3 aliphatic rings. The summed E-state index contributed by atoms with van der Waals surface area (Å²) in [6.45, 7) is 1.94. The fraction of sp³-hybridized carbons (Fsp3) is 0.515. The Hall–Kier alpha value is -3.63. The minimum Gasteiger partial charge on any atom is -0.345 e. The lowest BCUT2D eigenvalue weighted by atomic mass is 9.78. The first-order chi connectivity index (χ1) is 20.7. The second kappa shape index (κ2) is 13.3. The van der Waals surface area contributed by atoms with Gasteiger partial charge in [0.05, 0.1) is 25.2 Å². The summed E-state index contributed by atoms with van der Waals surface area (Å²) in [7, 11) is 1.69. The first-order valence-corrected chi connectivity index (χ1v) is 15.4. The van der Waals surface area contributed by atoms with Gasteiger partial charge in [-0.3, -0.25) is 24.5 Å². The lowest BCUT2D eigenvalue weighted by Crippen LogP contribution is -2.76. The van der Waals surface area contributed by atoms with E-state index in [9.17, 15) is 23.6 Å². The molecule has 10 heteroatoms. The van der Waals surface area contributed by atoms with Gasteiger partial charge in [-0.1, -0.05) is 61.7 Å². The van der Waals surface area contributed by atoms with Gasteiger partial charge in [0.1, 0.15) is 11.9 Å². The first kappa shape index (κ1) is 30.8. The smallest absolute Gasteiger partial charge is 0.245 e. The molecule has 2 saturated heterocycles. The molecule has 0 bridgehead atoms. The van der Waals surface area contributed by atoms with Crippen molar-refractivity contribution in [3.63, 3.8) is 0 Å². The predicted octanol–water partition coefficient (Wildman–Crippen LogP) is 2.19. The topological polar surface area (TPSA) is 111 Å². The zero-order valence-electron chi connectivity index (χ0n) is 25.0. The number of carbonyl (C=O) groups is 4. The Morgan fingerprint density at radius 2 is 1.72 bits per heavy atom. The van der Waals surface area contributed by atoms with E-state index in [1.165, 1.54) is 17.0 Å². The summed E-state index contributed by atoms with van der Waals surface area (Å²) in [6.07, 6.45) is 5.33. The van der Waals surface area contributed by atoms with Crippen molar-refractivity contribution < 1.29 is 23.6 Å². The largest absolute Gasteiger partial charge is 0.345 e. The number of amides is 3. The van der Waals surface area contributed by atoms with E-state index < -0.39 is 23.8 Å². The maximum atomic E-state index is 14.9. The first-order valence-electron chi connectivity index (χ1n) is 15.4. The summed E-state index contributed by atoms with van der Waals surface area (Å²) >= 11 is 0. The standard InChI is InChI=1S/C33H42FN5O4/c1-22(35-2)31(42)37-29(25-11-7-4-8-12-25)30(41)33-21-38(18-17-23-13-15-26(34)16-14-23)32(43)27(39(33)28(40)20-36-33)19-24-9-5-3-6-10-24/h3,5-6,9-10,13-16,22,25,27,29,35-36H,4,7-8,11-12,17-21H2,1-2H3,(H,37,42)/t22-,27-,29-,33+/m0/s1. The number of fused-ring (bicyclic) bond motifs is 1. The molecule has 2 aliphatic heterocycles. The molecule has 5 rings (SSSR count). The Kier molecular flexibility index (Phi) is 9.56. The molecule has 230 valence electrons. The zero-order chi connectivity index (χ0) is 30.6. The number of hydrogen-bond acceptors (Lipinski definition) is 6. The van der Waals surface area contributed by atoms with Crippen LogP contribution in [-0.2, 0) is 32.0 Å². The van der Waals surface area contributed by atoms with Crippen molar-refractivity contribution in [2.24, 2.45) is 5.92 Å². The van der Waals surface area contributed by atoms with Crippen LogP contribution in [-0.4, -0.2) is 83.8 Å². The number of Topliss-reactive ketones (excluding diaryl/α,β-unsaturated/α-hetero) is 1. The molecule has 3 fully saturated rings. The highest BCUT2D eigenvalue weighted by Crippen LogP contribution is 2.36. The van der Waals surface area contributed by atoms with Crippen molar-refractivity contribution in [1.29, 1.82) is 0 Å². The summed E-state index contributed by atoms with van der Waals surface area (Å²) in [5, 5.41) is 9.23. The Bertz CT molecular complexity index is 1320. The van der Waals surface area contributed by atoms with Crippen LogP contribution >= 0.6 is 0 Å². The fourth-order valence-electron chi connectivity index (χ4n) is 6.79. The van der Waals surface area contributed by atoms with Crippen molar-refractivity contribution >= 4 is 23.5 Å². The summed E-state index contributed by atoms with van der Waals surface area (Å²) in [5.41, 5.74) is 0.258. The minimum atomic E-state index is -1.48. The van der Waals surface area contributed by atoms with E-state index in [4.69, 9.17) is 0 Å². The molecular formula is C33H42FN5O4. The van der Waals surface area contributed by atoms with Crippen LogP contribution in [0.2, 0.25) is 0 Å². The molecule has 4 atom stereocenters. The Morgan fingerprint density at radius 1 is 1.02 bits per heavy atom. The van der Waals surface area contributed by atoms with Gasteiger partial charge >= 0.3 is 0 Å². The summed E-state index contributed by atoms with van der Waals surface area (Å²) in [6, 6.07) is 13.4. The van der Waals surface area contributed by atoms with Crippen LogP contribution in [0.25, 0.3) is 0 Å². The lowest BCUT2D eigenvalue weighted by molar-refractivity contribution is -0.165. The van der Waals surface area contributed by atoms with Gasteiger partial charge < -0.3 is 20.4 Å². The Labute approximate surface area is 252 Å². The van der Waals surface area contributed by atoms with Gasteiger partial charge in [-0.25, -0.2) is 4.39 Å². The molecule has 9 nitrogen and oxygen atoms in total. The maximum absolute atomic E-state index is 14.9. The lowest BCUT2D eigenvalue weighted by Gasteiger charge is -2.51. The van der Waals surface area contributed by atoms with E-state index in [1.807, 2.05) is 30.3 Å². The molecule has 1 saturated carbocycles. The van der Waals surface area contributed by atoms with Crippen LogP contribution in [0.4, 0.5) is 4.39 Å². The number of carbonyl (C=O) groups excluding carboxylic acids is 4. The maximum Gasteiger partial charge on any atom is 0.245 e. The number of nitrogens with zero attached hydrogens (tertiary/aromatic N) is 2. The normalized spacial score (nSPS) is 24.0. The molecule has 0 radical (unpaired) electrons. The molecule has 2 aromatic carbocycles. The van der Waals surface area contributed by atoms with Gasteiger partial charge in [0.25, 0.3) is 0 Å². The van der Waals surface area contributed by atoms with Crippen molar-refractivity contribution in [2.45, 2.75) is 75.7 Å². The second-order valence-corrected chi connectivity index (χ2v) is 12.1. The molecule has 0 spiro atoms. The monoisotopic (exact) mass is 591 g/mol. The summed E-state index contributed by atoms with van der Waals surface area (Å²) < 4.78 is 13.5. The van der Waals surface area contributed by atoms with Crippen molar-refractivity contribution in [1.82, 2.24) is 25.8 Å². The molecule has 0 aromatic heterocycles. The van der Waals surface area contributed by atoms with Crippen molar-refractivity contribution in [2.75, 3.05) is 26.7 Å². The van der Waals surface area contributed by atoms with E-state index in [-0.39, 0.29) is 54.8 Å². The van der Waals surface area contributed by atoms with Crippen LogP contribution in [0.5, 0.6) is 0 Å². The zero-order valence-corrected chi connectivity index (χ0v) is 25.0. The van der Waals surface area contributed by atoms with E-state index >= 15 is 0 Å². The molecule has 43 heavy (non-hydrogen) atoms. The molecule has 2 heterocycles. The second-order valence-electron chi connectivity index (χ2n) is 12.1. The van der Waals surface area contributed by atoms with Crippen LogP contribution in [0.15, 0.2) is 54.6 Å². The van der Waals surface area contributed by atoms with Crippen LogP contribution in [0.1, 0.15) is 50.2 Å². The van der Waals surface area contributed by atoms with E-state index in [0.717, 1.165) is 43.2 Å². The number of hydrogen-bond donors (Lipinski definition) is 3. The SMILES string of the molecule is CN[C@@H](C)C(=O)N[C@H](C(=O)[C@@]12CN(CCc3ccc(F)cc3)C(=O)[C@H](Cc3ccccc3)N1C(=O)CN2)C1CCCCC1. The number of rotatable bonds is 11. The quantitative estimate of drug-likeness (QED) is 0.370. The Balaban J connectivity index is 1.52. The van der Waals surface area contributed by atoms with Gasteiger partial charge in [-0.05, 0) is 62.4 Å². The number of ketones is 1. The number of likely N-dealkylation sites (N-methyl/N-ethyl adjacent to an activating group) is 1. The molecule has 3 N–H and O–H groups in total. The third-order valence-corrected chi connectivity index (χ3v) is 9.33. The highest BCUT2D eigenvalue weighted by molar-refractivity contribution is 6.04. The highest BCUT2D eigenvalue weighted by atomic mass is 19.1. The third-order valence-electron chi connectivity index (χ3n) is 9.33. The number of benzene rings is 2. The van der Waals surface area contributed by atoms with Crippen LogP contribution in [0.3, 0.4) is 0 Å². The molecule has 2 aromatic rings. The van der Waals surface area contributed by atoms with Gasteiger partial charge in [0, 0.05) is 13.0 Å². The van der Waals surface area contributed by atoms with Gasteiger partial charge in [-0.15, -0.1) is 0 Å². The van der Waals surface area contributed by atoms with Crippen molar-refractivity contribution in [3.8, 4) is 0 Å². The number of nitrogens with one attached hydrogen (secondary N) is 3. The predicted molar refractivity (Wildman–Crippen MR) is 160 cm³/mol. The average molecular weight is 592 g/mol. The van der Waals surface area contributed by atoms with Crippen LogP contribution in [0, 0.1) is 11.7 Å². The van der Waals surface area contributed by atoms with Crippen molar-refractivity contribution in [3.05, 3.63) is 71.5 Å². The summed E-state index contributed by atoms with van der Waals surface area (Å²) in [5.74, 6) is -1.50. The average Bonchev–Trinajstić information content (AvgIpc) is 3.38. The molecule has 0 unspecified atom stereocenters. The molecule has 3 amide bonds.